The molecule has 0 saturated carbocycles. The van der Waals surface area contributed by atoms with Crippen LogP contribution in [-0.4, -0.2) is 35.7 Å². The highest BCUT2D eigenvalue weighted by Crippen LogP contribution is 2.16. The number of amides is 1. The van der Waals surface area contributed by atoms with Gasteiger partial charge in [0.05, 0.1) is 6.04 Å². The first-order chi connectivity index (χ1) is 6.92. The number of piperidine rings is 1. The van der Waals surface area contributed by atoms with Gasteiger partial charge in [-0.25, -0.2) is 10.3 Å². The molecule has 0 spiro atoms. The van der Waals surface area contributed by atoms with Crippen LogP contribution >= 0.6 is 0 Å². The molecule has 0 radical (unpaired) electrons. The number of likely N-dealkylation sites (tertiary alicyclic amines) is 1. The number of rotatable bonds is 1. The standard InChI is InChI=1S/C10H19N3O2/c1-10(2,3)15-9(14)13-6-4-8(12-11)5-7-13/h8,11H,4-7H2,1-3H3. The molecular formula is C10H19N3O2. The molecule has 1 heterocycles. The van der Waals surface area contributed by atoms with Crippen LogP contribution in [0.25, 0.3) is 0 Å². The molecule has 0 unspecified atom stereocenters. The molecule has 0 bridgehead atoms. The summed E-state index contributed by atoms with van der Waals surface area (Å²) < 4.78 is 5.26. The van der Waals surface area contributed by atoms with Gasteiger partial charge in [-0.3, -0.25) is 0 Å². The van der Waals surface area contributed by atoms with Gasteiger partial charge >= 0.3 is 6.09 Å². The zero-order valence-electron chi connectivity index (χ0n) is 9.62. The van der Waals surface area contributed by atoms with Crippen molar-refractivity contribution in [3.8, 4) is 0 Å². The van der Waals surface area contributed by atoms with Crippen molar-refractivity contribution >= 4 is 6.09 Å². The molecule has 1 N–H and O–H groups in total. The van der Waals surface area contributed by atoms with Crippen LogP contribution in [0.4, 0.5) is 4.79 Å². The van der Waals surface area contributed by atoms with Gasteiger partial charge in [-0.2, -0.15) is 5.11 Å². The van der Waals surface area contributed by atoms with Crippen molar-refractivity contribution in [2.75, 3.05) is 13.1 Å². The number of nitrogens with zero attached hydrogens (tertiary/aromatic N) is 2. The minimum Gasteiger partial charge on any atom is -0.444 e. The third-order valence-corrected chi connectivity index (χ3v) is 2.30. The summed E-state index contributed by atoms with van der Waals surface area (Å²) >= 11 is 0. The van der Waals surface area contributed by atoms with Crippen LogP contribution in [0.15, 0.2) is 5.11 Å². The number of hydrogen-bond donors (Lipinski definition) is 1. The van der Waals surface area contributed by atoms with E-state index in [4.69, 9.17) is 10.3 Å². The highest BCUT2D eigenvalue weighted by molar-refractivity contribution is 5.68. The number of nitrogens with one attached hydrogen (secondary N) is 1. The molecule has 0 aromatic heterocycles. The van der Waals surface area contributed by atoms with Gasteiger partial charge in [0, 0.05) is 13.1 Å². The van der Waals surface area contributed by atoms with Crippen molar-refractivity contribution in [2.45, 2.75) is 45.3 Å². The van der Waals surface area contributed by atoms with Gasteiger partial charge in [-0.15, -0.1) is 0 Å². The van der Waals surface area contributed by atoms with E-state index in [-0.39, 0.29) is 12.1 Å². The number of hydrogen-bond acceptors (Lipinski definition) is 4. The van der Waals surface area contributed by atoms with Crippen LogP contribution in [0.1, 0.15) is 33.6 Å². The third kappa shape index (κ3) is 3.85. The summed E-state index contributed by atoms with van der Waals surface area (Å²) in [6.07, 6.45) is 1.27. The second kappa shape index (κ2) is 4.59. The SMILES string of the molecule is CC(C)(C)OC(=O)N1CCC(N=N)CC1. The average Bonchev–Trinajstić information content (AvgIpc) is 2.15. The van der Waals surface area contributed by atoms with Crippen LogP contribution < -0.4 is 0 Å². The van der Waals surface area contributed by atoms with E-state index in [1.165, 1.54) is 0 Å². The molecule has 0 aliphatic carbocycles. The van der Waals surface area contributed by atoms with Crippen molar-refractivity contribution in [2.24, 2.45) is 5.11 Å². The van der Waals surface area contributed by atoms with Gasteiger partial charge in [-0.05, 0) is 33.6 Å². The minimum atomic E-state index is -0.437. The molecular weight excluding hydrogens is 194 g/mol. The maximum absolute atomic E-state index is 11.6. The normalized spacial score (nSPS) is 18.7. The second-order valence-electron chi connectivity index (χ2n) is 4.83. The molecule has 1 rings (SSSR count). The Bertz CT molecular complexity index is 240. The molecule has 0 atom stereocenters. The summed E-state index contributed by atoms with van der Waals surface area (Å²) in [7, 11) is 0. The Labute approximate surface area is 90.3 Å². The smallest absolute Gasteiger partial charge is 0.410 e. The van der Waals surface area contributed by atoms with E-state index in [0.29, 0.717) is 13.1 Å². The Balaban J connectivity index is 2.40. The fourth-order valence-electron chi connectivity index (χ4n) is 1.50. The molecule has 5 nitrogen and oxygen atoms in total. The average molecular weight is 213 g/mol. The zero-order valence-corrected chi connectivity index (χ0v) is 9.62. The zero-order chi connectivity index (χ0) is 11.5. The molecule has 0 aromatic rings. The van der Waals surface area contributed by atoms with E-state index in [1.807, 2.05) is 20.8 Å². The largest absolute Gasteiger partial charge is 0.444 e. The van der Waals surface area contributed by atoms with E-state index in [9.17, 15) is 4.79 Å². The molecule has 5 heteroatoms. The third-order valence-electron chi connectivity index (χ3n) is 2.30. The monoisotopic (exact) mass is 213 g/mol. The lowest BCUT2D eigenvalue weighted by atomic mass is 10.1. The maximum Gasteiger partial charge on any atom is 0.410 e. The molecule has 1 amide bonds. The lowest BCUT2D eigenvalue weighted by Crippen LogP contribution is -2.42. The summed E-state index contributed by atoms with van der Waals surface area (Å²) in [5, 5.41) is 3.49. The van der Waals surface area contributed by atoms with Gasteiger partial charge < -0.3 is 9.64 Å². The van der Waals surface area contributed by atoms with Gasteiger partial charge in [-0.1, -0.05) is 0 Å². The lowest BCUT2D eigenvalue weighted by Gasteiger charge is -2.31. The molecule has 1 aliphatic heterocycles. The summed E-state index contributed by atoms with van der Waals surface area (Å²) in [6, 6.07) is 0.0867. The van der Waals surface area contributed by atoms with E-state index in [1.54, 1.807) is 4.90 Å². The molecule has 15 heavy (non-hydrogen) atoms. The van der Waals surface area contributed by atoms with Crippen molar-refractivity contribution in [3.05, 3.63) is 0 Å². The first kappa shape index (κ1) is 11.9. The first-order valence-corrected chi connectivity index (χ1v) is 5.27. The Morgan fingerprint density at radius 2 is 1.93 bits per heavy atom. The van der Waals surface area contributed by atoms with E-state index in [2.05, 4.69) is 5.11 Å². The second-order valence-corrected chi connectivity index (χ2v) is 4.83. The van der Waals surface area contributed by atoms with Crippen LogP contribution in [0.2, 0.25) is 0 Å². The number of carbonyl (C=O) groups excluding carboxylic acids is 1. The Hall–Kier alpha value is -1.13. The van der Waals surface area contributed by atoms with Gasteiger partial charge in [0.15, 0.2) is 0 Å². The van der Waals surface area contributed by atoms with Gasteiger partial charge in [0.1, 0.15) is 5.60 Å². The van der Waals surface area contributed by atoms with E-state index >= 15 is 0 Å². The summed E-state index contributed by atoms with van der Waals surface area (Å²) in [5.74, 6) is 0. The molecule has 1 saturated heterocycles. The van der Waals surface area contributed by atoms with E-state index in [0.717, 1.165) is 12.8 Å². The molecule has 1 fully saturated rings. The summed E-state index contributed by atoms with van der Waals surface area (Å²) in [5.41, 5.74) is 6.47. The lowest BCUT2D eigenvalue weighted by molar-refractivity contribution is 0.0205. The highest BCUT2D eigenvalue weighted by Gasteiger charge is 2.26. The minimum absolute atomic E-state index is 0.0867. The Morgan fingerprint density at radius 1 is 1.40 bits per heavy atom. The van der Waals surface area contributed by atoms with Gasteiger partial charge in [0.2, 0.25) is 0 Å². The molecule has 1 aliphatic rings. The fourth-order valence-corrected chi connectivity index (χ4v) is 1.50. The van der Waals surface area contributed by atoms with Crippen LogP contribution in [0.3, 0.4) is 0 Å². The Kier molecular flexibility index (Phi) is 3.66. The van der Waals surface area contributed by atoms with Crippen molar-refractivity contribution < 1.29 is 9.53 Å². The topological polar surface area (TPSA) is 65.8 Å². The van der Waals surface area contributed by atoms with Gasteiger partial charge in [0.25, 0.3) is 0 Å². The van der Waals surface area contributed by atoms with Crippen molar-refractivity contribution in [1.82, 2.24) is 4.90 Å². The van der Waals surface area contributed by atoms with Crippen LogP contribution in [0, 0.1) is 5.53 Å². The number of carbonyl (C=O) groups is 1. The maximum atomic E-state index is 11.6. The Morgan fingerprint density at radius 3 is 2.33 bits per heavy atom. The number of ether oxygens (including phenoxy) is 1. The molecule has 86 valence electrons. The first-order valence-electron chi connectivity index (χ1n) is 5.27. The summed E-state index contributed by atoms with van der Waals surface area (Å²) in [4.78, 5) is 13.3. The van der Waals surface area contributed by atoms with E-state index < -0.39 is 5.60 Å². The summed E-state index contributed by atoms with van der Waals surface area (Å²) in [6.45, 7) is 6.86. The highest BCUT2D eigenvalue weighted by atomic mass is 16.6. The fraction of sp³-hybridized carbons (Fsp3) is 0.900. The van der Waals surface area contributed by atoms with Crippen LogP contribution in [-0.2, 0) is 4.74 Å². The van der Waals surface area contributed by atoms with Crippen LogP contribution in [0.5, 0.6) is 0 Å². The predicted molar refractivity (Wildman–Crippen MR) is 56.0 cm³/mol. The molecule has 0 aromatic carbocycles. The quantitative estimate of drug-likeness (QED) is 0.680. The van der Waals surface area contributed by atoms with Crippen molar-refractivity contribution in [3.63, 3.8) is 0 Å². The van der Waals surface area contributed by atoms with Crippen molar-refractivity contribution in [1.29, 1.82) is 5.53 Å². The predicted octanol–water partition coefficient (Wildman–Crippen LogP) is 2.42.